The van der Waals surface area contributed by atoms with E-state index in [2.05, 4.69) is 26.2 Å². The van der Waals surface area contributed by atoms with Crippen LogP contribution in [0.2, 0.25) is 0 Å². The second kappa shape index (κ2) is 7.05. The van der Waals surface area contributed by atoms with E-state index in [1.807, 2.05) is 37.3 Å². The third-order valence-corrected chi connectivity index (χ3v) is 3.18. The molecule has 1 amide bonds. The van der Waals surface area contributed by atoms with Crippen LogP contribution < -0.4 is 10.1 Å². The Bertz CT molecular complexity index is 585. The molecule has 0 atom stereocenters. The zero-order valence-electron chi connectivity index (χ0n) is 11.1. The van der Waals surface area contributed by atoms with Gasteiger partial charge in [-0.25, -0.2) is 4.98 Å². The van der Waals surface area contributed by atoms with Gasteiger partial charge in [0.2, 0.25) is 0 Å². The molecule has 104 valence electrons. The molecule has 1 N–H and O–H groups in total. The third kappa shape index (κ3) is 4.06. The summed E-state index contributed by atoms with van der Waals surface area (Å²) in [5.41, 5.74) is 1.09. The lowest BCUT2D eigenvalue weighted by Crippen LogP contribution is -2.21. The van der Waals surface area contributed by atoms with Gasteiger partial charge in [0.1, 0.15) is 11.6 Å². The smallest absolute Gasteiger partial charge is 0.263 e. The molecule has 0 aliphatic heterocycles. The predicted molar refractivity (Wildman–Crippen MR) is 81.9 cm³/mol. The normalized spacial score (nSPS) is 10.1. The summed E-state index contributed by atoms with van der Waals surface area (Å²) < 4.78 is 6.40. The van der Waals surface area contributed by atoms with Crippen LogP contribution in [0.4, 0.5) is 5.82 Å². The molecule has 0 bridgehead atoms. The maximum atomic E-state index is 11.8. The highest BCUT2D eigenvalue weighted by Gasteiger charge is 2.06. The van der Waals surface area contributed by atoms with Crippen molar-refractivity contribution in [2.24, 2.45) is 0 Å². The molecular formula is C15H15BrN2O2. The molecule has 1 aromatic carbocycles. The molecule has 1 aromatic heterocycles. The molecule has 5 heteroatoms. The number of aryl methyl sites for hydroxylation is 1. The predicted octanol–water partition coefficient (Wildman–Crippen LogP) is 3.42. The van der Waals surface area contributed by atoms with Gasteiger partial charge in [0, 0.05) is 10.7 Å². The number of para-hydroxylation sites is 1. The highest BCUT2D eigenvalue weighted by Crippen LogP contribution is 2.18. The van der Waals surface area contributed by atoms with Gasteiger partial charge >= 0.3 is 0 Å². The van der Waals surface area contributed by atoms with Crippen molar-refractivity contribution >= 4 is 27.7 Å². The summed E-state index contributed by atoms with van der Waals surface area (Å²) in [7, 11) is 0. The summed E-state index contributed by atoms with van der Waals surface area (Å²) in [6.45, 7) is 2.02. The SMILES string of the molecule is CCc1ccccc1OCC(=O)Nc1ccc(Br)cn1. The maximum Gasteiger partial charge on any atom is 0.263 e. The summed E-state index contributed by atoms with van der Waals surface area (Å²) in [5.74, 6) is 1.02. The molecule has 0 unspecified atom stereocenters. The second-order valence-corrected chi connectivity index (χ2v) is 5.08. The Labute approximate surface area is 126 Å². The van der Waals surface area contributed by atoms with E-state index >= 15 is 0 Å². The number of hydrogen-bond acceptors (Lipinski definition) is 3. The van der Waals surface area contributed by atoms with Crippen LogP contribution in [0, 0.1) is 0 Å². The summed E-state index contributed by atoms with van der Waals surface area (Å²) in [5, 5.41) is 2.68. The standard InChI is InChI=1S/C15H15BrN2O2/c1-2-11-5-3-4-6-13(11)20-10-15(19)18-14-8-7-12(16)9-17-14/h3-9H,2,10H2,1H3,(H,17,18,19). The van der Waals surface area contributed by atoms with Crippen molar-refractivity contribution in [3.63, 3.8) is 0 Å². The molecule has 0 saturated heterocycles. The Kier molecular flexibility index (Phi) is 5.12. The van der Waals surface area contributed by atoms with Crippen LogP contribution in [-0.4, -0.2) is 17.5 Å². The van der Waals surface area contributed by atoms with Gasteiger partial charge in [-0.05, 0) is 46.1 Å². The van der Waals surface area contributed by atoms with Gasteiger partial charge < -0.3 is 10.1 Å². The number of carbonyl (C=O) groups is 1. The number of anilines is 1. The first kappa shape index (κ1) is 14.5. The highest BCUT2D eigenvalue weighted by atomic mass is 79.9. The summed E-state index contributed by atoms with van der Waals surface area (Å²) in [4.78, 5) is 15.9. The maximum absolute atomic E-state index is 11.8. The van der Waals surface area contributed by atoms with E-state index in [4.69, 9.17) is 4.74 Å². The largest absolute Gasteiger partial charge is 0.483 e. The molecule has 4 nitrogen and oxygen atoms in total. The third-order valence-electron chi connectivity index (χ3n) is 2.71. The van der Waals surface area contributed by atoms with E-state index in [0.717, 1.165) is 22.2 Å². The average Bonchev–Trinajstić information content (AvgIpc) is 2.48. The van der Waals surface area contributed by atoms with Crippen LogP contribution >= 0.6 is 15.9 Å². The van der Waals surface area contributed by atoms with Gasteiger partial charge in [0.15, 0.2) is 6.61 Å². The highest BCUT2D eigenvalue weighted by molar-refractivity contribution is 9.10. The van der Waals surface area contributed by atoms with Crippen molar-refractivity contribution in [3.05, 3.63) is 52.6 Å². The fourth-order valence-electron chi connectivity index (χ4n) is 1.71. The lowest BCUT2D eigenvalue weighted by Gasteiger charge is -2.10. The Hall–Kier alpha value is -1.88. The number of amides is 1. The number of ether oxygens (including phenoxy) is 1. The topological polar surface area (TPSA) is 51.2 Å². The number of aromatic nitrogens is 1. The van der Waals surface area contributed by atoms with Crippen molar-refractivity contribution in [2.75, 3.05) is 11.9 Å². The number of nitrogens with one attached hydrogen (secondary N) is 1. The minimum absolute atomic E-state index is 0.0330. The lowest BCUT2D eigenvalue weighted by molar-refractivity contribution is -0.118. The summed E-state index contributed by atoms with van der Waals surface area (Å²) in [6, 6.07) is 11.2. The molecule has 0 radical (unpaired) electrons. The first-order valence-corrected chi connectivity index (χ1v) is 7.10. The quantitative estimate of drug-likeness (QED) is 0.911. The first-order chi connectivity index (χ1) is 9.69. The molecule has 2 aromatic rings. The number of hydrogen-bond donors (Lipinski definition) is 1. The number of pyridine rings is 1. The lowest BCUT2D eigenvalue weighted by atomic mass is 10.1. The monoisotopic (exact) mass is 334 g/mol. The van der Waals surface area contributed by atoms with E-state index in [1.165, 1.54) is 0 Å². The zero-order valence-corrected chi connectivity index (χ0v) is 12.7. The van der Waals surface area contributed by atoms with Crippen molar-refractivity contribution in [1.29, 1.82) is 0 Å². The number of benzene rings is 1. The molecule has 0 spiro atoms. The molecule has 0 fully saturated rings. The Morgan fingerprint density at radius 1 is 1.30 bits per heavy atom. The van der Waals surface area contributed by atoms with Crippen LogP contribution in [0.15, 0.2) is 47.1 Å². The van der Waals surface area contributed by atoms with Crippen molar-refractivity contribution in [3.8, 4) is 5.75 Å². The van der Waals surface area contributed by atoms with Gasteiger partial charge in [-0.2, -0.15) is 0 Å². The van der Waals surface area contributed by atoms with E-state index < -0.39 is 0 Å². The minimum atomic E-state index is -0.231. The molecule has 0 aliphatic rings. The van der Waals surface area contributed by atoms with Gasteiger partial charge in [0.25, 0.3) is 5.91 Å². The van der Waals surface area contributed by atoms with E-state index in [-0.39, 0.29) is 12.5 Å². The molecular weight excluding hydrogens is 320 g/mol. The molecule has 1 heterocycles. The zero-order chi connectivity index (χ0) is 14.4. The van der Waals surface area contributed by atoms with Gasteiger partial charge in [0.05, 0.1) is 0 Å². The molecule has 2 rings (SSSR count). The van der Waals surface area contributed by atoms with Crippen LogP contribution in [0.5, 0.6) is 5.75 Å². The minimum Gasteiger partial charge on any atom is -0.483 e. The van der Waals surface area contributed by atoms with Crippen LogP contribution in [0.1, 0.15) is 12.5 Å². The van der Waals surface area contributed by atoms with Gasteiger partial charge in [-0.3, -0.25) is 4.79 Å². The molecule has 0 aliphatic carbocycles. The van der Waals surface area contributed by atoms with E-state index in [1.54, 1.807) is 12.3 Å². The van der Waals surface area contributed by atoms with Crippen molar-refractivity contribution < 1.29 is 9.53 Å². The number of carbonyl (C=O) groups excluding carboxylic acids is 1. The Morgan fingerprint density at radius 3 is 2.80 bits per heavy atom. The number of rotatable bonds is 5. The summed E-state index contributed by atoms with van der Waals surface area (Å²) >= 11 is 3.29. The summed E-state index contributed by atoms with van der Waals surface area (Å²) in [6.07, 6.45) is 2.49. The Morgan fingerprint density at radius 2 is 2.10 bits per heavy atom. The van der Waals surface area contributed by atoms with Crippen LogP contribution in [-0.2, 0) is 11.2 Å². The van der Waals surface area contributed by atoms with E-state index in [0.29, 0.717) is 5.82 Å². The van der Waals surface area contributed by atoms with E-state index in [9.17, 15) is 4.79 Å². The first-order valence-electron chi connectivity index (χ1n) is 6.31. The number of halogens is 1. The van der Waals surface area contributed by atoms with Crippen LogP contribution in [0.3, 0.4) is 0 Å². The van der Waals surface area contributed by atoms with Gasteiger partial charge in [-0.15, -0.1) is 0 Å². The van der Waals surface area contributed by atoms with Gasteiger partial charge in [-0.1, -0.05) is 25.1 Å². The molecule has 20 heavy (non-hydrogen) atoms. The molecule has 0 saturated carbocycles. The van der Waals surface area contributed by atoms with Crippen molar-refractivity contribution in [1.82, 2.24) is 4.98 Å². The van der Waals surface area contributed by atoms with Crippen molar-refractivity contribution in [2.45, 2.75) is 13.3 Å². The fourth-order valence-corrected chi connectivity index (χ4v) is 1.94. The van der Waals surface area contributed by atoms with Crippen LogP contribution in [0.25, 0.3) is 0 Å². The fraction of sp³-hybridized carbons (Fsp3) is 0.200. The second-order valence-electron chi connectivity index (χ2n) is 4.16. The number of nitrogens with zero attached hydrogens (tertiary/aromatic N) is 1. The Balaban J connectivity index is 1.90. The average molecular weight is 335 g/mol.